The highest BCUT2D eigenvalue weighted by Crippen LogP contribution is 2.43. The van der Waals surface area contributed by atoms with Gasteiger partial charge in [-0.2, -0.15) is 0 Å². The predicted octanol–water partition coefficient (Wildman–Crippen LogP) is 2.58. The van der Waals surface area contributed by atoms with Gasteiger partial charge in [0.2, 0.25) is 5.91 Å². The molecule has 1 spiro atoms. The largest absolute Gasteiger partial charge is 0.338 e. The van der Waals surface area contributed by atoms with E-state index in [-0.39, 0.29) is 17.4 Å². The van der Waals surface area contributed by atoms with Gasteiger partial charge in [-0.05, 0) is 37.8 Å². The van der Waals surface area contributed by atoms with E-state index >= 15 is 0 Å². The summed E-state index contributed by atoms with van der Waals surface area (Å²) in [6.07, 6.45) is 6.66. The first-order valence-electron chi connectivity index (χ1n) is 9.13. The van der Waals surface area contributed by atoms with Crippen molar-refractivity contribution >= 4 is 17.5 Å². The Kier molecular flexibility index (Phi) is 4.37. The average Bonchev–Trinajstić information content (AvgIpc) is 2.99. The number of piperidine rings is 1. The van der Waals surface area contributed by atoms with Crippen LogP contribution in [0.5, 0.6) is 0 Å². The molecule has 140 valence electrons. The number of rotatable bonds is 2. The van der Waals surface area contributed by atoms with Crippen molar-refractivity contribution in [2.75, 3.05) is 24.5 Å². The molecule has 0 unspecified atom stereocenters. The maximum atomic E-state index is 14.1. The van der Waals surface area contributed by atoms with E-state index in [2.05, 4.69) is 9.97 Å². The molecule has 0 N–H and O–H groups in total. The number of nitrogens with zero attached hydrogens (tertiary/aromatic N) is 4. The van der Waals surface area contributed by atoms with Gasteiger partial charge in [-0.1, -0.05) is 12.1 Å². The molecular formula is C20H21FN4O2. The molecule has 0 radical (unpaired) electrons. The standard InChI is InChI=1S/C20H21FN4O2/c1-14-3-2-4-16(21)17(14)18(26)24-8-5-20(6-9-24)7-10-25(19(20)27)15-11-22-13-23-12-15/h2-4,11-13H,5-10H2,1H3. The molecule has 0 aliphatic carbocycles. The first-order valence-corrected chi connectivity index (χ1v) is 9.13. The highest BCUT2D eigenvalue weighted by Gasteiger charge is 2.49. The van der Waals surface area contributed by atoms with Crippen molar-refractivity contribution in [1.29, 1.82) is 0 Å². The first kappa shape index (κ1) is 17.6. The maximum Gasteiger partial charge on any atom is 0.257 e. The topological polar surface area (TPSA) is 66.4 Å². The van der Waals surface area contributed by atoms with Crippen molar-refractivity contribution in [2.45, 2.75) is 26.2 Å². The third kappa shape index (κ3) is 2.97. The summed E-state index contributed by atoms with van der Waals surface area (Å²) < 4.78 is 14.1. The Morgan fingerprint density at radius 2 is 1.78 bits per heavy atom. The highest BCUT2D eigenvalue weighted by molar-refractivity contribution is 6.00. The van der Waals surface area contributed by atoms with Crippen LogP contribution in [0.25, 0.3) is 0 Å². The van der Waals surface area contributed by atoms with Crippen LogP contribution >= 0.6 is 0 Å². The van der Waals surface area contributed by atoms with Crippen LogP contribution in [0.3, 0.4) is 0 Å². The molecule has 0 saturated carbocycles. The second-order valence-corrected chi connectivity index (χ2v) is 7.31. The van der Waals surface area contributed by atoms with Crippen molar-refractivity contribution in [3.8, 4) is 0 Å². The fourth-order valence-corrected chi connectivity index (χ4v) is 4.16. The number of carbonyl (C=O) groups excluding carboxylic acids is 2. The number of aromatic nitrogens is 2. The lowest BCUT2D eigenvalue weighted by Crippen LogP contribution is -2.47. The van der Waals surface area contributed by atoms with Gasteiger partial charge in [-0.25, -0.2) is 14.4 Å². The fraction of sp³-hybridized carbons (Fsp3) is 0.400. The number of likely N-dealkylation sites (tertiary alicyclic amines) is 1. The van der Waals surface area contributed by atoms with E-state index in [1.807, 2.05) is 0 Å². The van der Waals surface area contributed by atoms with Gasteiger partial charge in [0, 0.05) is 19.6 Å². The van der Waals surface area contributed by atoms with Gasteiger partial charge in [0.15, 0.2) is 0 Å². The smallest absolute Gasteiger partial charge is 0.257 e. The van der Waals surface area contributed by atoms with Gasteiger partial charge in [0.05, 0.1) is 29.1 Å². The summed E-state index contributed by atoms with van der Waals surface area (Å²) in [6, 6.07) is 4.65. The summed E-state index contributed by atoms with van der Waals surface area (Å²) in [5.41, 5.74) is 1.03. The number of halogens is 1. The summed E-state index contributed by atoms with van der Waals surface area (Å²) >= 11 is 0. The molecule has 2 amide bonds. The molecule has 1 aromatic carbocycles. The van der Waals surface area contributed by atoms with E-state index < -0.39 is 11.2 Å². The van der Waals surface area contributed by atoms with Gasteiger partial charge < -0.3 is 9.80 Å². The lowest BCUT2D eigenvalue weighted by atomic mass is 9.77. The zero-order chi connectivity index (χ0) is 19.0. The number of aryl methyl sites for hydroxylation is 1. The van der Waals surface area contributed by atoms with E-state index in [1.165, 1.54) is 12.4 Å². The van der Waals surface area contributed by atoms with E-state index in [1.54, 1.807) is 41.2 Å². The number of amides is 2. The molecule has 1 aromatic heterocycles. The number of benzene rings is 1. The average molecular weight is 368 g/mol. The van der Waals surface area contributed by atoms with Gasteiger partial charge in [0.25, 0.3) is 5.91 Å². The Balaban J connectivity index is 1.48. The van der Waals surface area contributed by atoms with Crippen molar-refractivity contribution in [1.82, 2.24) is 14.9 Å². The summed E-state index contributed by atoms with van der Waals surface area (Å²) in [7, 11) is 0. The van der Waals surface area contributed by atoms with Crippen LogP contribution in [0.4, 0.5) is 10.1 Å². The van der Waals surface area contributed by atoms with Crippen molar-refractivity contribution in [3.05, 3.63) is 53.9 Å². The van der Waals surface area contributed by atoms with Crippen LogP contribution in [-0.2, 0) is 4.79 Å². The molecule has 2 fully saturated rings. The minimum atomic E-state index is -0.493. The molecule has 3 heterocycles. The molecule has 6 nitrogen and oxygen atoms in total. The first-order chi connectivity index (χ1) is 13.0. The van der Waals surface area contributed by atoms with E-state index in [0.29, 0.717) is 43.7 Å². The highest BCUT2D eigenvalue weighted by atomic mass is 19.1. The minimum Gasteiger partial charge on any atom is -0.338 e. The third-order valence-electron chi connectivity index (χ3n) is 5.81. The monoisotopic (exact) mass is 368 g/mol. The number of anilines is 1. The zero-order valence-corrected chi connectivity index (χ0v) is 15.2. The van der Waals surface area contributed by atoms with Crippen LogP contribution in [0, 0.1) is 18.2 Å². The molecule has 0 bridgehead atoms. The normalized spacial score (nSPS) is 19.0. The molecule has 4 rings (SSSR count). The summed E-state index contributed by atoms with van der Waals surface area (Å²) in [6.45, 7) is 3.28. The Morgan fingerprint density at radius 3 is 2.44 bits per heavy atom. The molecule has 2 aliphatic heterocycles. The summed E-state index contributed by atoms with van der Waals surface area (Å²) in [5, 5.41) is 0. The lowest BCUT2D eigenvalue weighted by Gasteiger charge is -2.38. The second-order valence-electron chi connectivity index (χ2n) is 7.31. The van der Waals surface area contributed by atoms with Crippen molar-refractivity contribution in [3.63, 3.8) is 0 Å². The Bertz CT molecular complexity index is 859. The Labute approximate surface area is 157 Å². The van der Waals surface area contributed by atoms with Gasteiger partial charge >= 0.3 is 0 Å². The number of hydrogen-bond acceptors (Lipinski definition) is 4. The van der Waals surface area contributed by atoms with Crippen LogP contribution in [-0.4, -0.2) is 46.3 Å². The Morgan fingerprint density at radius 1 is 1.11 bits per heavy atom. The summed E-state index contributed by atoms with van der Waals surface area (Å²) in [5.74, 6) is -0.710. The van der Waals surface area contributed by atoms with Crippen LogP contribution in [0.1, 0.15) is 35.2 Å². The SMILES string of the molecule is Cc1cccc(F)c1C(=O)N1CCC2(CC1)CCN(c1cncnc1)C2=O. The molecule has 2 saturated heterocycles. The maximum absolute atomic E-state index is 14.1. The van der Waals surface area contributed by atoms with Crippen LogP contribution < -0.4 is 4.90 Å². The van der Waals surface area contributed by atoms with Crippen LogP contribution in [0.15, 0.2) is 36.9 Å². The third-order valence-corrected chi connectivity index (χ3v) is 5.81. The van der Waals surface area contributed by atoms with Gasteiger partial charge in [0.1, 0.15) is 12.1 Å². The van der Waals surface area contributed by atoms with E-state index in [0.717, 1.165) is 6.42 Å². The minimum absolute atomic E-state index is 0.0754. The van der Waals surface area contributed by atoms with Crippen molar-refractivity contribution in [2.24, 2.45) is 5.41 Å². The second kappa shape index (κ2) is 6.72. The molecule has 2 aromatic rings. The van der Waals surface area contributed by atoms with E-state index in [4.69, 9.17) is 0 Å². The van der Waals surface area contributed by atoms with Gasteiger partial charge in [-0.3, -0.25) is 9.59 Å². The molecular weight excluding hydrogens is 347 g/mol. The van der Waals surface area contributed by atoms with E-state index in [9.17, 15) is 14.0 Å². The van der Waals surface area contributed by atoms with Gasteiger partial charge in [-0.15, -0.1) is 0 Å². The van der Waals surface area contributed by atoms with Crippen molar-refractivity contribution < 1.29 is 14.0 Å². The molecule has 7 heteroatoms. The molecule has 0 atom stereocenters. The number of carbonyl (C=O) groups is 2. The van der Waals surface area contributed by atoms with Crippen LogP contribution in [0.2, 0.25) is 0 Å². The zero-order valence-electron chi connectivity index (χ0n) is 15.2. The molecule has 27 heavy (non-hydrogen) atoms. The Hall–Kier alpha value is -2.83. The molecule has 2 aliphatic rings. The lowest BCUT2D eigenvalue weighted by molar-refractivity contribution is -0.127. The summed E-state index contributed by atoms with van der Waals surface area (Å²) in [4.78, 5) is 37.2. The number of hydrogen-bond donors (Lipinski definition) is 0. The fourth-order valence-electron chi connectivity index (χ4n) is 4.16. The quantitative estimate of drug-likeness (QED) is 0.817. The predicted molar refractivity (Wildman–Crippen MR) is 97.7 cm³/mol.